The van der Waals surface area contributed by atoms with Gasteiger partial charge in [0.05, 0.1) is 38.0 Å². The van der Waals surface area contributed by atoms with Crippen LogP contribution in [0.1, 0.15) is 30.5 Å². The molecule has 0 saturated heterocycles. The highest BCUT2D eigenvalue weighted by molar-refractivity contribution is 8.16. The van der Waals surface area contributed by atoms with Gasteiger partial charge in [0.15, 0.2) is 5.17 Å². The van der Waals surface area contributed by atoms with E-state index in [1.165, 1.54) is 24.4 Å². The van der Waals surface area contributed by atoms with Crippen molar-refractivity contribution >= 4 is 28.8 Å². The van der Waals surface area contributed by atoms with E-state index < -0.39 is 12.0 Å². The maximum absolute atomic E-state index is 12.8. The Kier molecular flexibility index (Phi) is 7.37. The molecule has 1 N–H and O–H groups in total. The van der Waals surface area contributed by atoms with Crippen molar-refractivity contribution in [1.82, 2.24) is 10.2 Å². The Morgan fingerprint density at radius 2 is 1.91 bits per heavy atom. The van der Waals surface area contributed by atoms with Gasteiger partial charge < -0.3 is 19.7 Å². The number of fused-ring (bicyclic) bond motifs is 1. The predicted octanol–water partition coefficient (Wildman–Crippen LogP) is 4.19. The van der Waals surface area contributed by atoms with Crippen molar-refractivity contribution in [2.24, 2.45) is 4.99 Å². The van der Waals surface area contributed by atoms with Gasteiger partial charge in [-0.1, -0.05) is 54.2 Å². The molecule has 0 unspecified atom stereocenters. The van der Waals surface area contributed by atoms with Crippen LogP contribution in [0.25, 0.3) is 0 Å². The molecule has 1 atom stereocenters. The van der Waals surface area contributed by atoms with Crippen LogP contribution in [-0.4, -0.2) is 42.7 Å². The lowest BCUT2D eigenvalue weighted by Crippen LogP contribution is -2.38. The third kappa shape index (κ3) is 5.02. The first-order chi connectivity index (χ1) is 16.5. The van der Waals surface area contributed by atoms with Gasteiger partial charge in [0.2, 0.25) is 5.91 Å². The number of amides is 1. The highest BCUT2D eigenvalue weighted by Gasteiger charge is 2.41. The molecule has 0 spiro atoms. The fraction of sp³-hybridized carbons (Fsp3) is 0.269. The number of methoxy groups -OCH3 is 2. The maximum Gasteiger partial charge on any atom is 0.338 e. The average Bonchev–Trinajstić information content (AvgIpc) is 3.25. The number of ether oxygens (including phenoxy) is 2. The fourth-order valence-electron chi connectivity index (χ4n) is 4.09. The first-order valence-corrected chi connectivity index (χ1v) is 11.9. The zero-order valence-electron chi connectivity index (χ0n) is 19.4. The van der Waals surface area contributed by atoms with Crippen LogP contribution >= 0.6 is 11.8 Å². The molecule has 0 aromatic heterocycles. The lowest BCUT2D eigenvalue weighted by Gasteiger charge is -2.36. The number of hydrogen-bond acceptors (Lipinski definition) is 7. The number of aliphatic imine (C=N–C) groups is 1. The van der Waals surface area contributed by atoms with Crippen molar-refractivity contribution in [1.29, 1.82) is 0 Å². The van der Waals surface area contributed by atoms with Crippen LogP contribution in [0.2, 0.25) is 0 Å². The highest BCUT2D eigenvalue weighted by atomic mass is 32.2. The Morgan fingerprint density at radius 1 is 1.12 bits per heavy atom. The Labute approximate surface area is 203 Å². The van der Waals surface area contributed by atoms with E-state index in [1.54, 1.807) is 14.0 Å². The molecule has 2 aromatic carbocycles. The van der Waals surface area contributed by atoms with Crippen LogP contribution in [-0.2, 0) is 20.7 Å². The number of allylic oxidation sites excluding steroid dienone is 1. The van der Waals surface area contributed by atoms with Gasteiger partial charge in [-0.25, -0.2) is 9.79 Å². The van der Waals surface area contributed by atoms with Crippen molar-refractivity contribution in [2.45, 2.75) is 25.8 Å². The molecule has 0 radical (unpaired) electrons. The van der Waals surface area contributed by atoms with Gasteiger partial charge in [-0.15, -0.1) is 0 Å². The first-order valence-electron chi connectivity index (χ1n) is 11.0. The normalized spacial score (nSPS) is 17.0. The number of thioether (sulfide) groups is 1. The molecular weight excluding hydrogens is 450 g/mol. The lowest BCUT2D eigenvalue weighted by molar-refractivity contribution is -0.136. The van der Waals surface area contributed by atoms with Crippen LogP contribution in [0.4, 0.5) is 0 Å². The Morgan fingerprint density at radius 3 is 2.65 bits per heavy atom. The van der Waals surface area contributed by atoms with Crippen molar-refractivity contribution in [3.05, 3.63) is 88.1 Å². The second-order valence-electron chi connectivity index (χ2n) is 7.92. The topological polar surface area (TPSA) is 80.2 Å². The third-order valence-electron chi connectivity index (χ3n) is 5.74. The fourth-order valence-corrected chi connectivity index (χ4v) is 5.05. The van der Waals surface area contributed by atoms with Crippen LogP contribution in [0.3, 0.4) is 0 Å². The number of esters is 1. The minimum atomic E-state index is -0.478. The summed E-state index contributed by atoms with van der Waals surface area (Å²) >= 11 is 1.45. The summed E-state index contributed by atoms with van der Waals surface area (Å²) in [5.74, 6) is 0.149. The van der Waals surface area contributed by atoms with Crippen molar-refractivity contribution in [2.75, 3.05) is 20.8 Å². The smallest absolute Gasteiger partial charge is 0.338 e. The maximum atomic E-state index is 12.8. The quantitative estimate of drug-likeness (QED) is 0.575. The number of amidine groups is 1. The van der Waals surface area contributed by atoms with E-state index in [2.05, 4.69) is 10.3 Å². The molecule has 2 heterocycles. The van der Waals surface area contributed by atoms with E-state index >= 15 is 0 Å². The number of nitrogens with one attached hydrogen (secondary N) is 1. The second kappa shape index (κ2) is 10.6. The summed E-state index contributed by atoms with van der Waals surface area (Å²) in [6.45, 7) is 2.36. The summed E-state index contributed by atoms with van der Waals surface area (Å²) in [6.07, 6.45) is 0.937. The van der Waals surface area contributed by atoms with E-state index in [4.69, 9.17) is 9.47 Å². The molecule has 0 fully saturated rings. The minimum absolute atomic E-state index is 0.0840. The molecule has 2 aliphatic heterocycles. The van der Waals surface area contributed by atoms with E-state index in [9.17, 15) is 9.59 Å². The molecule has 176 valence electrons. The number of carbonyl (C=O) groups excluding carboxylic acids is 2. The van der Waals surface area contributed by atoms with Gasteiger partial charge in [-0.05, 0) is 42.0 Å². The van der Waals surface area contributed by atoms with Crippen molar-refractivity contribution in [3.63, 3.8) is 0 Å². The van der Waals surface area contributed by atoms with Crippen molar-refractivity contribution < 1.29 is 19.1 Å². The summed E-state index contributed by atoms with van der Waals surface area (Å²) in [6, 6.07) is 17.1. The van der Waals surface area contributed by atoms with Gasteiger partial charge in [-0.3, -0.25) is 4.79 Å². The molecule has 0 saturated carbocycles. The second-order valence-corrected chi connectivity index (χ2v) is 8.76. The van der Waals surface area contributed by atoms with Gasteiger partial charge in [0, 0.05) is 12.2 Å². The summed E-state index contributed by atoms with van der Waals surface area (Å²) in [4.78, 5) is 32.2. The van der Waals surface area contributed by atoms with Crippen LogP contribution in [0.15, 0.2) is 82.0 Å². The molecule has 2 aromatic rings. The highest BCUT2D eigenvalue weighted by Crippen LogP contribution is 2.45. The zero-order chi connectivity index (χ0) is 24.1. The molecule has 8 heteroatoms. The van der Waals surface area contributed by atoms with Crippen LogP contribution in [0, 0.1) is 0 Å². The minimum Gasteiger partial charge on any atom is -0.497 e. The van der Waals surface area contributed by atoms with Gasteiger partial charge in [0.25, 0.3) is 0 Å². The Bertz CT molecular complexity index is 1170. The first kappa shape index (κ1) is 23.6. The summed E-state index contributed by atoms with van der Waals surface area (Å²) in [5, 5.41) is 5.65. The third-order valence-corrected chi connectivity index (χ3v) is 6.62. The van der Waals surface area contributed by atoms with E-state index in [-0.39, 0.29) is 12.3 Å². The van der Waals surface area contributed by atoms with Gasteiger partial charge >= 0.3 is 5.97 Å². The van der Waals surface area contributed by atoms with Gasteiger partial charge in [0.1, 0.15) is 5.75 Å². The lowest BCUT2D eigenvalue weighted by atomic mass is 9.93. The summed E-state index contributed by atoms with van der Waals surface area (Å²) in [5.41, 5.74) is 3.84. The number of carbonyl (C=O) groups is 2. The molecule has 1 amide bonds. The van der Waals surface area contributed by atoms with Gasteiger partial charge in [-0.2, -0.15) is 0 Å². The average molecular weight is 478 g/mol. The standard InChI is InChI=1S/C26H27N3O4S/c1-17-23(25(31)33-3)24(19-10-7-11-21(14-19)32-2)29-20(16-34-26(29)28-17)15-22(30)27-13-12-18-8-5-4-6-9-18/h4-11,14,16,24H,12-13,15H2,1-3H3,(H,27,30)/t24-/m0/s1. The molecule has 7 nitrogen and oxygen atoms in total. The molecule has 0 bridgehead atoms. The van der Waals surface area contributed by atoms with E-state index in [1.807, 2.05) is 64.9 Å². The van der Waals surface area contributed by atoms with E-state index in [0.29, 0.717) is 23.6 Å². The number of hydrogen-bond donors (Lipinski definition) is 1. The largest absolute Gasteiger partial charge is 0.497 e. The molecular formula is C26H27N3O4S. The summed E-state index contributed by atoms with van der Waals surface area (Å²) < 4.78 is 10.5. The number of nitrogens with zero attached hydrogens (tertiary/aromatic N) is 2. The molecule has 34 heavy (non-hydrogen) atoms. The number of rotatable bonds is 8. The molecule has 0 aliphatic carbocycles. The van der Waals surface area contributed by atoms with Crippen LogP contribution < -0.4 is 10.1 Å². The number of benzene rings is 2. The predicted molar refractivity (Wildman–Crippen MR) is 133 cm³/mol. The van der Waals surface area contributed by atoms with E-state index in [0.717, 1.165) is 22.8 Å². The molecule has 4 rings (SSSR count). The van der Waals surface area contributed by atoms with Crippen LogP contribution in [0.5, 0.6) is 5.75 Å². The SMILES string of the molecule is COC(=O)C1=C(C)N=C2SC=C(CC(=O)NCCc3ccccc3)N2[C@H]1c1cccc(OC)c1. The Balaban J connectivity index is 1.56. The monoisotopic (exact) mass is 477 g/mol. The Hall–Kier alpha value is -3.52. The van der Waals surface area contributed by atoms with Crippen molar-refractivity contribution in [3.8, 4) is 5.75 Å². The molecule has 2 aliphatic rings. The summed E-state index contributed by atoms with van der Waals surface area (Å²) in [7, 11) is 2.96. The zero-order valence-corrected chi connectivity index (χ0v) is 20.2.